The summed E-state index contributed by atoms with van der Waals surface area (Å²) in [6.45, 7) is 1.32. The van der Waals surface area contributed by atoms with Gasteiger partial charge in [0.1, 0.15) is 24.2 Å². The van der Waals surface area contributed by atoms with Crippen LogP contribution in [0.4, 0.5) is 4.39 Å². The fourth-order valence-corrected chi connectivity index (χ4v) is 5.02. The number of piperidine rings is 1. The van der Waals surface area contributed by atoms with Crippen LogP contribution in [-0.2, 0) is 27.5 Å². The Morgan fingerprint density at radius 1 is 1.14 bits per heavy atom. The van der Waals surface area contributed by atoms with Gasteiger partial charge in [-0.25, -0.2) is 4.39 Å². The summed E-state index contributed by atoms with van der Waals surface area (Å²) in [5.74, 6) is -1.10. The van der Waals surface area contributed by atoms with E-state index in [4.69, 9.17) is 9.47 Å². The van der Waals surface area contributed by atoms with E-state index >= 15 is 0 Å². The molecule has 5 rings (SSSR count). The van der Waals surface area contributed by atoms with Crippen LogP contribution in [0.15, 0.2) is 36.4 Å². The van der Waals surface area contributed by atoms with Gasteiger partial charge in [0.05, 0.1) is 12.6 Å². The van der Waals surface area contributed by atoms with Crippen molar-refractivity contribution in [1.29, 1.82) is 0 Å². The Morgan fingerprint density at radius 2 is 1.94 bits per heavy atom. The molecule has 3 heterocycles. The van der Waals surface area contributed by atoms with Gasteiger partial charge in [0.25, 0.3) is 5.91 Å². The van der Waals surface area contributed by atoms with E-state index in [1.54, 1.807) is 30.3 Å². The van der Waals surface area contributed by atoms with E-state index in [0.29, 0.717) is 41.2 Å². The van der Waals surface area contributed by atoms with Crippen LogP contribution in [0.25, 0.3) is 0 Å². The maximum atomic E-state index is 14.8. The van der Waals surface area contributed by atoms with Crippen molar-refractivity contribution in [2.75, 3.05) is 13.2 Å². The third-order valence-corrected chi connectivity index (χ3v) is 7.05. The van der Waals surface area contributed by atoms with Crippen LogP contribution in [0, 0.1) is 11.7 Å². The van der Waals surface area contributed by atoms with Gasteiger partial charge in [0, 0.05) is 36.3 Å². The number of nitrogens with one attached hydrogen (secondary N) is 1. The van der Waals surface area contributed by atoms with Gasteiger partial charge in [-0.05, 0) is 48.9 Å². The molecule has 0 radical (unpaired) electrons. The van der Waals surface area contributed by atoms with E-state index in [1.807, 2.05) is 0 Å². The van der Waals surface area contributed by atoms with Crippen molar-refractivity contribution >= 4 is 17.7 Å². The number of halogens is 1. The number of carbonyl (C=O) groups excluding carboxylic acids is 3. The number of amides is 3. The molecule has 0 spiro atoms. The van der Waals surface area contributed by atoms with Crippen LogP contribution < -0.4 is 10.1 Å². The van der Waals surface area contributed by atoms with E-state index in [-0.39, 0.29) is 43.7 Å². The summed E-state index contributed by atoms with van der Waals surface area (Å²) in [6, 6.07) is 9.02. The Balaban J connectivity index is 1.28. The molecule has 3 aliphatic rings. The number of rotatable bonds is 6. The van der Waals surface area contributed by atoms with Crippen molar-refractivity contribution < 1.29 is 33.4 Å². The summed E-state index contributed by atoms with van der Waals surface area (Å²) < 4.78 is 26.1. The normalized spacial score (nSPS) is 21.6. The minimum atomic E-state index is -0.745. The number of ether oxygens (including phenoxy) is 2. The maximum Gasteiger partial charge on any atom is 0.255 e. The fourth-order valence-electron chi connectivity index (χ4n) is 5.02. The molecule has 2 atom stereocenters. The fraction of sp³-hybridized carbons (Fsp3) is 0.423. The van der Waals surface area contributed by atoms with Gasteiger partial charge in [-0.2, -0.15) is 0 Å². The van der Waals surface area contributed by atoms with Crippen LogP contribution in [0.5, 0.6) is 5.75 Å². The average Bonchev–Trinajstić information content (AvgIpc) is 3.20. The molecule has 35 heavy (non-hydrogen) atoms. The molecule has 2 aromatic carbocycles. The van der Waals surface area contributed by atoms with Crippen LogP contribution in [0.2, 0.25) is 0 Å². The highest BCUT2D eigenvalue weighted by atomic mass is 19.1. The Hall–Kier alpha value is -3.30. The quantitative estimate of drug-likeness (QED) is 0.614. The number of aliphatic hydroxyl groups is 1. The smallest absolute Gasteiger partial charge is 0.255 e. The number of hydrogen-bond donors (Lipinski definition) is 2. The van der Waals surface area contributed by atoms with Crippen LogP contribution in [0.1, 0.15) is 58.8 Å². The molecule has 0 aliphatic carbocycles. The van der Waals surface area contributed by atoms with Gasteiger partial charge in [0.15, 0.2) is 0 Å². The number of benzene rings is 2. The van der Waals surface area contributed by atoms with Crippen molar-refractivity contribution in [3.8, 4) is 5.75 Å². The minimum absolute atomic E-state index is 0.0435. The number of aliphatic hydroxyl groups excluding tert-OH is 1. The summed E-state index contributed by atoms with van der Waals surface area (Å²) in [5.41, 5.74) is 1.93. The van der Waals surface area contributed by atoms with E-state index in [0.717, 1.165) is 12.8 Å². The van der Waals surface area contributed by atoms with Crippen molar-refractivity contribution in [2.24, 2.45) is 5.92 Å². The molecule has 3 amide bonds. The molecule has 2 N–H and O–H groups in total. The summed E-state index contributed by atoms with van der Waals surface area (Å²) in [4.78, 5) is 38.1. The molecule has 1 unspecified atom stereocenters. The SMILES string of the molecule is O=C1CC[C@H](N2Cc3c(OCc4ccc(C(O)C5CCOCC5)cc4F)cccc3C2=O)C(=O)N1. The molecule has 184 valence electrons. The molecule has 0 bridgehead atoms. The summed E-state index contributed by atoms with van der Waals surface area (Å²) in [7, 11) is 0. The highest BCUT2D eigenvalue weighted by molar-refractivity contribution is 6.05. The van der Waals surface area contributed by atoms with Crippen LogP contribution in [0.3, 0.4) is 0 Å². The van der Waals surface area contributed by atoms with Gasteiger partial charge in [-0.1, -0.05) is 18.2 Å². The first kappa shape index (κ1) is 23.4. The highest BCUT2D eigenvalue weighted by Gasteiger charge is 2.40. The Kier molecular flexibility index (Phi) is 6.53. The number of imide groups is 1. The van der Waals surface area contributed by atoms with E-state index < -0.39 is 23.9 Å². The molecule has 0 saturated carbocycles. The second-order valence-electron chi connectivity index (χ2n) is 9.22. The first-order chi connectivity index (χ1) is 16.9. The molecule has 2 aromatic rings. The number of carbonyl (C=O) groups is 3. The first-order valence-electron chi connectivity index (χ1n) is 11.9. The molecular weight excluding hydrogens is 455 g/mol. The second kappa shape index (κ2) is 9.75. The Morgan fingerprint density at radius 3 is 2.69 bits per heavy atom. The lowest BCUT2D eigenvalue weighted by Crippen LogP contribution is -2.52. The molecule has 8 nitrogen and oxygen atoms in total. The van der Waals surface area contributed by atoms with Gasteiger partial charge < -0.3 is 19.5 Å². The van der Waals surface area contributed by atoms with Gasteiger partial charge >= 0.3 is 0 Å². The van der Waals surface area contributed by atoms with Crippen molar-refractivity contribution in [2.45, 2.75) is 51.0 Å². The standard InChI is InChI=1S/C26H27FN2O6/c27-20-12-16(24(31)15-8-10-34-11-9-15)4-5-17(20)14-35-22-3-1-2-18-19(22)13-29(26(18)33)21-6-7-23(30)28-25(21)32/h1-5,12,15,21,24,31H,6-11,13-14H2,(H,28,30,32)/t21-,24?/m0/s1. The van der Waals surface area contributed by atoms with E-state index in [9.17, 15) is 23.9 Å². The Labute approximate surface area is 202 Å². The second-order valence-corrected chi connectivity index (χ2v) is 9.22. The van der Waals surface area contributed by atoms with Crippen molar-refractivity contribution in [3.63, 3.8) is 0 Å². The van der Waals surface area contributed by atoms with Crippen molar-refractivity contribution in [1.82, 2.24) is 10.2 Å². The number of nitrogens with zero attached hydrogens (tertiary/aromatic N) is 1. The minimum Gasteiger partial charge on any atom is -0.488 e. The predicted octanol–water partition coefficient (Wildman–Crippen LogP) is 2.63. The Bertz CT molecular complexity index is 1160. The monoisotopic (exact) mass is 482 g/mol. The molecular formula is C26H27FN2O6. The lowest BCUT2D eigenvalue weighted by atomic mass is 9.89. The third-order valence-electron chi connectivity index (χ3n) is 7.05. The summed E-state index contributed by atoms with van der Waals surface area (Å²) in [5, 5.41) is 12.9. The van der Waals surface area contributed by atoms with Gasteiger partial charge in [-0.3, -0.25) is 19.7 Å². The molecule has 2 fully saturated rings. The van der Waals surface area contributed by atoms with Crippen LogP contribution in [-0.4, -0.2) is 47.0 Å². The zero-order valence-corrected chi connectivity index (χ0v) is 19.2. The zero-order chi connectivity index (χ0) is 24.5. The summed E-state index contributed by atoms with van der Waals surface area (Å²) >= 11 is 0. The predicted molar refractivity (Wildman–Crippen MR) is 122 cm³/mol. The van der Waals surface area contributed by atoms with E-state index in [1.165, 1.54) is 11.0 Å². The highest BCUT2D eigenvalue weighted by Crippen LogP contribution is 2.35. The molecule has 3 aliphatic heterocycles. The van der Waals surface area contributed by atoms with Gasteiger partial charge in [0.2, 0.25) is 11.8 Å². The topological polar surface area (TPSA) is 105 Å². The largest absolute Gasteiger partial charge is 0.488 e. The number of fused-ring (bicyclic) bond motifs is 1. The third kappa shape index (κ3) is 4.66. The lowest BCUT2D eigenvalue weighted by molar-refractivity contribution is -0.136. The number of hydrogen-bond acceptors (Lipinski definition) is 6. The molecule has 9 heteroatoms. The van der Waals surface area contributed by atoms with Crippen molar-refractivity contribution in [3.05, 3.63) is 64.5 Å². The summed E-state index contributed by atoms with van der Waals surface area (Å²) in [6.07, 6.45) is 1.18. The first-order valence-corrected chi connectivity index (χ1v) is 11.9. The lowest BCUT2D eigenvalue weighted by Gasteiger charge is -2.29. The molecule has 0 aromatic heterocycles. The maximum absolute atomic E-state index is 14.8. The molecule has 2 saturated heterocycles. The average molecular weight is 483 g/mol. The van der Waals surface area contributed by atoms with Crippen LogP contribution >= 0.6 is 0 Å². The van der Waals surface area contributed by atoms with Gasteiger partial charge in [-0.15, -0.1) is 0 Å². The zero-order valence-electron chi connectivity index (χ0n) is 19.2. The van der Waals surface area contributed by atoms with E-state index in [2.05, 4.69) is 5.32 Å².